The summed E-state index contributed by atoms with van der Waals surface area (Å²) < 4.78 is 5.49. The van der Waals surface area contributed by atoms with Crippen molar-refractivity contribution in [1.82, 2.24) is 4.90 Å². The molecule has 1 atom stereocenters. The van der Waals surface area contributed by atoms with Crippen molar-refractivity contribution in [2.45, 2.75) is 52.7 Å². The van der Waals surface area contributed by atoms with Gasteiger partial charge in [-0.05, 0) is 63.8 Å². The number of aryl methyl sites for hydroxylation is 1. The fraction of sp³-hybridized carbons (Fsp3) is 0.562. The molecule has 0 saturated carbocycles. The molecule has 20 heavy (non-hydrogen) atoms. The van der Waals surface area contributed by atoms with Crippen LogP contribution in [0.25, 0.3) is 0 Å². The van der Waals surface area contributed by atoms with Crippen LogP contribution in [-0.4, -0.2) is 23.1 Å². The highest BCUT2D eigenvalue weighted by Gasteiger charge is 2.32. The van der Waals surface area contributed by atoms with Crippen molar-refractivity contribution >= 4 is 11.8 Å². The van der Waals surface area contributed by atoms with Gasteiger partial charge in [-0.2, -0.15) is 0 Å². The summed E-state index contributed by atoms with van der Waals surface area (Å²) in [7, 11) is 0. The molecule has 1 aromatic carbocycles. The first-order valence-corrected chi connectivity index (χ1v) is 7.08. The van der Waals surface area contributed by atoms with E-state index in [1.165, 1.54) is 16.7 Å². The third-order valence-corrected chi connectivity index (χ3v) is 3.73. The summed E-state index contributed by atoms with van der Waals surface area (Å²) in [5.41, 5.74) is 9.93. The molecule has 0 fully saturated rings. The minimum Gasteiger partial charge on any atom is -0.444 e. The number of rotatable bonds is 0. The van der Waals surface area contributed by atoms with Crippen LogP contribution >= 0.6 is 0 Å². The smallest absolute Gasteiger partial charge is 0.410 e. The van der Waals surface area contributed by atoms with E-state index in [1.807, 2.05) is 39.8 Å². The van der Waals surface area contributed by atoms with E-state index in [4.69, 9.17) is 10.5 Å². The number of nitrogen functional groups attached to an aromatic ring is 1. The summed E-state index contributed by atoms with van der Waals surface area (Å²) >= 11 is 0. The highest BCUT2D eigenvalue weighted by Crippen LogP contribution is 2.35. The summed E-state index contributed by atoms with van der Waals surface area (Å²) in [6, 6.07) is 3.96. The molecule has 1 amide bonds. The Morgan fingerprint density at radius 2 is 2.05 bits per heavy atom. The first-order valence-electron chi connectivity index (χ1n) is 7.08. The van der Waals surface area contributed by atoms with Gasteiger partial charge >= 0.3 is 6.09 Å². The van der Waals surface area contributed by atoms with Crippen LogP contribution in [0.5, 0.6) is 0 Å². The lowest BCUT2D eigenvalue weighted by molar-refractivity contribution is 0.0159. The minimum absolute atomic E-state index is 0.00269. The third-order valence-electron chi connectivity index (χ3n) is 3.73. The van der Waals surface area contributed by atoms with Crippen LogP contribution in [0.3, 0.4) is 0 Å². The van der Waals surface area contributed by atoms with Crippen LogP contribution in [-0.2, 0) is 11.2 Å². The molecule has 1 unspecified atom stereocenters. The van der Waals surface area contributed by atoms with E-state index in [0.717, 1.165) is 12.1 Å². The fourth-order valence-corrected chi connectivity index (χ4v) is 2.81. The topological polar surface area (TPSA) is 55.6 Å². The maximum Gasteiger partial charge on any atom is 0.410 e. The van der Waals surface area contributed by atoms with Crippen LogP contribution in [0.1, 0.15) is 50.4 Å². The van der Waals surface area contributed by atoms with Gasteiger partial charge in [0.25, 0.3) is 0 Å². The number of carbonyl (C=O) groups excluding carboxylic acids is 1. The zero-order chi connectivity index (χ0) is 15.1. The van der Waals surface area contributed by atoms with Crippen LogP contribution in [0.4, 0.5) is 10.5 Å². The number of ether oxygens (including phenoxy) is 1. The number of nitrogens with two attached hydrogens (primary N) is 1. The highest BCUT2D eigenvalue weighted by molar-refractivity contribution is 5.70. The predicted octanol–water partition coefficient (Wildman–Crippen LogP) is 3.43. The fourth-order valence-electron chi connectivity index (χ4n) is 2.81. The molecular weight excluding hydrogens is 252 g/mol. The Kier molecular flexibility index (Phi) is 3.67. The van der Waals surface area contributed by atoms with Gasteiger partial charge in [-0.25, -0.2) is 4.79 Å². The summed E-state index contributed by atoms with van der Waals surface area (Å²) in [4.78, 5) is 14.1. The Labute approximate surface area is 120 Å². The Balaban J connectivity index is 2.30. The molecule has 4 nitrogen and oxygen atoms in total. The van der Waals surface area contributed by atoms with E-state index in [9.17, 15) is 4.79 Å². The van der Waals surface area contributed by atoms with Crippen LogP contribution in [0, 0.1) is 6.92 Å². The van der Waals surface area contributed by atoms with E-state index in [-0.39, 0.29) is 12.1 Å². The second-order valence-electron chi connectivity index (χ2n) is 6.46. The van der Waals surface area contributed by atoms with E-state index >= 15 is 0 Å². The molecule has 1 aromatic rings. The van der Waals surface area contributed by atoms with E-state index < -0.39 is 5.60 Å². The molecule has 2 rings (SSSR count). The van der Waals surface area contributed by atoms with E-state index in [2.05, 4.69) is 6.92 Å². The third kappa shape index (κ3) is 2.74. The number of carbonyl (C=O) groups is 1. The number of benzene rings is 1. The highest BCUT2D eigenvalue weighted by atomic mass is 16.6. The average Bonchev–Trinajstić information content (AvgIpc) is 2.31. The summed E-state index contributed by atoms with van der Waals surface area (Å²) in [6.07, 6.45) is 0.532. The lowest BCUT2D eigenvalue weighted by Crippen LogP contribution is -2.42. The van der Waals surface area contributed by atoms with Gasteiger partial charge in [0.1, 0.15) is 5.60 Å². The zero-order valence-electron chi connectivity index (χ0n) is 13.0. The maximum absolute atomic E-state index is 12.3. The van der Waals surface area contributed by atoms with Crippen molar-refractivity contribution in [3.05, 3.63) is 28.8 Å². The molecule has 1 heterocycles. The second-order valence-corrected chi connectivity index (χ2v) is 6.46. The van der Waals surface area contributed by atoms with Crippen LogP contribution < -0.4 is 5.73 Å². The second kappa shape index (κ2) is 5.00. The number of hydrogen-bond donors (Lipinski definition) is 1. The van der Waals surface area contributed by atoms with Crippen molar-refractivity contribution in [2.75, 3.05) is 12.3 Å². The number of nitrogens with zero attached hydrogens (tertiary/aromatic N) is 1. The Bertz CT molecular complexity index is 532. The standard InChI is InChI=1S/C16H24N2O2/c1-10-6-7-13(17)12-8-9-18(11(2)14(10)12)15(19)20-16(3,4)5/h6-7,11H,8-9,17H2,1-5H3. The van der Waals surface area contributed by atoms with Crippen molar-refractivity contribution in [3.8, 4) is 0 Å². The first kappa shape index (κ1) is 14.7. The van der Waals surface area contributed by atoms with Gasteiger partial charge in [0, 0.05) is 12.2 Å². The normalized spacial score (nSPS) is 18.6. The molecule has 0 aliphatic carbocycles. The molecular formula is C16H24N2O2. The van der Waals surface area contributed by atoms with Crippen LogP contribution in [0.15, 0.2) is 12.1 Å². The number of hydrogen-bond acceptors (Lipinski definition) is 3. The van der Waals surface area contributed by atoms with Gasteiger partial charge < -0.3 is 15.4 Å². The molecule has 0 spiro atoms. The number of fused-ring (bicyclic) bond motifs is 1. The van der Waals surface area contributed by atoms with Gasteiger partial charge in [-0.15, -0.1) is 0 Å². The predicted molar refractivity (Wildman–Crippen MR) is 80.7 cm³/mol. The lowest BCUT2D eigenvalue weighted by atomic mass is 9.89. The summed E-state index contributed by atoms with van der Waals surface area (Å²) in [6.45, 7) is 10.4. The average molecular weight is 276 g/mol. The summed E-state index contributed by atoms with van der Waals surface area (Å²) in [5.74, 6) is 0. The van der Waals surface area contributed by atoms with Gasteiger partial charge in [0.2, 0.25) is 0 Å². The van der Waals surface area contributed by atoms with Gasteiger partial charge in [0.05, 0.1) is 6.04 Å². The Morgan fingerprint density at radius 1 is 1.40 bits per heavy atom. The zero-order valence-corrected chi connectivity index (χ0v) is 13.0. The van der Waals surface area contributed by atoms with E-state index in [1.54, 1.807) is 4.90 Å². The molecule has 1 aliphatic heterocycles. The Hall–Kier alpha value is -1.71. The van der Waals surface area contributed by atoms with Crippen molar-refractivity contribution in [3.63, 3.8) is 0 Å². The molecule has 0 saturated heterocycles. The molecule has 0 radical (unpaired) electrons. The Morgan fingerprint density at radius 3 is 2.65 bits per heavy atom. The molecule has 110 valence electrons. The van der Waals surface area contributed by atoms with Gasteiger partial charge in [0.15, 0.2) is 0 Å². The first-order chi connectivity index (χ1) is 9.20. The lowest BCUT2D eigenvalue weighted by Gasteiger charge is -2.37. The maximum atomic E-state index is 12.3. The number of anilines is 1. The van der Waals surface area contributed by atoms with Crippen molar-refractivity contribution < 1.29 is 9.53 Å². The number of amides is 1. The SMILES string of the molecule is Cc1ccc(N)c2c1C(C)N(C(=O)OC(C)(C)C)CC2. The molecule has 0 aromatic heterocycles. The van der Waals surface area contributed by atoms with Crippen molar-refractivity contribution in [1.29, 1.82) is 0 Å². The van der Waals surface area contributed by atoms with E-state index in [0.29, 0.717) is 6.54 Å². The largest absolute Gasteiger partial charge is 0.444 e. The summed E-state index contributed by atoms with van der Waals surface area (Å²) in [5, 5.41) is 0. The van der Waals surface area contributed by atoms with Crippen molar-refractivity contribution in [2.24, 2.45) is 0 Å². The molecule has 1 aliphatic rings. The molecule has 4 heteroatoms. The van der Waals surface area contributed by atoms with Crippen LogP contribution in [0.2, 0.25) is 0 Å². The monoisotopic (exact) mass is 276 g/mol. The van der Waals surface area contributed by atoms with Gasteiger partial charge in [-0.1, -0.05) is 6.07 Å². The molecule has 2 N–H and O–H groups in total. The minimum atomic E-state index is -0.470. The molecule has 0 bridgehead atoms. The quantitative estimate of drug-likeness (QED) is 0.739. The van der Waals surface area contributed by atoms with Gasteiger partial charge in [-0.3, -0.25) is 0 Å².